The quantitative estimate of drug-likeness (QED) is 0.690. The van der Waals surface area contributed by atoms with Crippen molar-refractivity contribution in [2.75, 3.05) is 5.73 Å². The molecule has 0 bridgehead atoms. The predicted molar refractivity (Wildman–Crippen MR) is 89.9 cm³/mol. The van der Waals surface area contributed by atoms with Gasteiger partial charge in [-0.25, -0.2) is 4.98 Å². The number of aromatic nitrogens is 2. The van der Waals surface area contributed by atoms with Crippen LogP contribution in [-0.4, -0.2) is 9.55 Å². The minimum atomic E-state index is 0.623. The SMILES string of the molecule is CCCn1c(-c2ccc(Cl)cc2N)nc2cc(Cl)ccc21. The molecule has 21 heavy (non-hydrogen) atoms. The summed E-state index contributed by atoms with van der Waals surface area (Å²) in [5.74, 6) is 0.850. The van der Waals surface area contributed by atoms with Crippen LogP contribution < -0.4 is 5.73 Å². The van der Waals surface area contributed by atoms with Crippen molar-refractivity contribution in [1.29, 1.82) is 0 Å². The van der Waals surface area contributed by atoms with Crippen molar-refractivity contribution < 1.29 is 0 Å². The van der Waals surface area contributed by atoms with Gasteiger partial charge in [0.2, 0.25) is 0 Å². The molecule has 0 radical (unpaired) electrons. The zero-order chi connectivity index (χ0) is 15.0. The molecule has 2 N–H and O–H groups in total. The molecular weight excluding hydrogens is 305 g/mol. The summed E-state index contributed by atoms with van der Waals surface area (Å²) in [7, 11) is 0. The molecule has 0 saturated carbocycles. The highest BCUT2D eigenvalue weighted by Crippen LogP contribution is 2.31. The third-order valence-electron chi connectivity index (χ3n) is 3.41. The van der Waals surface area contributed by atoms with E-state index >= 15 is 0 Å². The average Bonchev–Trinajstić information content (AvgIpc) is 2.77. The first-order valence-electron chi connectivity index (χ1n) is 6.81. The van der Waals surface area contributed by atoms with Crippen LogP contribution in [0.4, 0.5) is 5.69 Å². The summed E-state index contributed by atoms with van der Waals surface area (Å²) in [6, 6.07) is 11.2. The Morgan fingerprint density at radius 2 is 1.81 bits per heavy atom. The molecule has 0 aliphatic heterocycles. The standard InChI is InChI=1S/C16H15Cl2N3/c1-2-7-21-15-6-4-11(18)9-14(15)20-16(21)12-5-3-10(17)8-13(12)19/h3-6,8-9H,2,7,19H2,1H3. The third-order valence-corrected chi connectivity index (χ3v) is 3.88. The monoisotopic (exact) mass is 319 g/mol. The Labute approximate surface area is 133 Å². The first-order chi connectivity index (χ1) is 10.1. The molecule has 0 saturated heterocycles. The van der Waals surface area contributed by atoms with Crippen molar-refractivity contribution in [3.8, 4) is 11.4 Å². The van der Waals surface area contributed by atoms with Crippen molar-refractivity contribution in [2.24, 2.45) is 0 Å². The van der Waals surface area contributed by atoms with Gasteiger partial charge in [-0.15, -0.1) is 0 Å². The first kappa shape index (κ1) is 14.2. The average molecular weight is 320 g/mol. The van der Waals surface area contributed by atoms with Crippen molar-refractivity contribution >= 4 is 39.9 Å². The van der Waals surface area contributed by atoms with E-state index in [9.17, 15) is 0 Å². The molecule has 0 aliphatic carbocycles. The summed E-state index contributed by atoms with van der Waals surface area (Å²) in [5.41, 5.74) is 9.56. The predicted octanol–water partition coefficient (Wildman–Crippen LogP) is 5.00. The second-order valence-electron chi connectivity index (χ2n) is 4.95. The summed E-state index contributed by atoms with van der Waals surface area (Å²) in [5, 5.41) is 1.30. The topological polar surface area (TPSA) is 43.8 Å². The molecule has 1 heterocycles. The van der Waals surface area contributed by atoms with E-state index in [1.165, 1.54) is 0 Å². The Kier molecular flexibility index (Phi) is 3.79. The fraction of sp³-hybridized carbons (Fsp3) is 0.188. The van der Waals surface area contributed by atoms with E-state index in [1.54, 1.807) is 6.07 Å². The molecule has 0 atom stereocenters. The highest BCUT2D eigenvalue weighted by atomic mass is 35.5. The van der Waals surface area contributed by atoms with Gasteiger partial charge in [-0.2, -0.15) is 0 Å². The lowest BCUT2D eigenvalue weighted by Gasteiger charge is -2.10. The van der Waals surface area contributed by atoms with Crippen LogP contribution in [0.1, 0.15) is 13.3 Å². The smallest absolute Gasteiger partial charge is 0.143 e. The summed E-state index contributed by atoms with van der Waals surface area (Å²) < 4.78 is 2.17. The largest absolute Gasteiger partial charge is 0.398 e. The number of nitrogens with zero attached hydrogens (tertiary/aromatic N) is 2. The van der Waals surface area contributed by atoms with Gasteiger partial charge in [0, 0.05) is 27.8 Å². The number of fused-ring (bicyclic) bond motifs is 1. The lowest BCUT2D eigenvalue weighted by Crippen LogP contribution is -2.01. The number of rotatable bonds is 3. The van der Waals surface area contributed by atoms with E-state index in [2.05, 4.69) is 11.5 Å². The molecule has 5 heteroatoms. The summed E-state index contributed by atoms with van der Waals surface area (Å²) in [6.07, 6.45) is 1.01. The van der Waals surface area contributed by atoms with Gasteiger partial charge >= 0.3 is 0 Å². The highest BCUT2D eigenvalue weighted by molar-refractivity contribution is 6.31. The van der Waals surface area contributed by atoms with Crippen molar-refractivity contribution in [3.63, 3.8) is 0 Å². The fourth-order valence-electron chi connectivity index (χ4n) is 2.50. The number of aryl methyl sites for hydroxylation is 1. The number of hydrogen-bond acceptors (Lipinski definition) is 2. The summed E-state index contributed by atoms with van der Waals surface area (Å²) in [4.78, 5) is 4.71. The van der Waals surface area contributed by atoms with E-state index < -0.39 is 0 Å². The molecule has 0 aliphatic rings. The molecule has 0 amide bonds. The van der Waals surface area contributed by atoms with E-state index in [-0.39, 0.29) is 0 Å². The molecule has 0 fully saturated rings. The number of imidazole rings is 1. The van der Waals surface area contributed by atoms with Crippen LogP contribution in [0, 0.1) is 0 Å². The Morgan fingerprint density at radius 3 is 2.52 bits per heavy atom. The first-order valence-corrected chi connectivity index (χ1v) is 7.57. The maximum absolute atomic E-state index is 6.11. The Balaban J connectivity index is 2.27. The van der Waals surface area contributed by atoms with E-state index in [0.717, 1.165) is 35.4 Å². The molecule has 3 rings (SSSR count). The van der Waals surface area contributed by atoms with Crippen LogP contribution in [0.2, 0.25) is 10.0 Å². The zero-order valence-corrected chi connectivity index (χ0v) is 13.1. The minimum absolute atomic E-state index is 0.623. The van der Waals surface area contributed by atoms with Crippen molar-refractivity contribution in [2.45, 2.75) is 19.9 Å². The maximum atomic E-state index is 6.11. The molecule has 2 aromatic carbocycles. The number of halogens is 2. The Morgan fingerprint density at radius 1 is 1.10 bits per heavy atom. The maximum Gasteiger partial charge on any atom is 0.143 e. The van der Waals surface area contributed by atoms with Gasteiger partial charge in [0.25, 0.3) is 0 Å². The lowest BCUT2D eigenvalue weighted by atomic mass is 10.1. The molecule has 108 valence electrons. The lowest BCUT2D eigenvalue weighted by molar-refractivity contribution is 0.704. The second kappa shape index (κ2) is 5.58. The number of hydrogen-bond donors (Lipinski definition) is 1. The summed E-state index contributed by atoms with van der Waals surface area (Å²) in [6.45, 7) is 3.01. The van der Waals surface area contributed by atoms with Gasteiger partial charge in [0.05, 0.1) is 11.0 Å². The fourth-order valence-corrected chi connectivity index (χ4v) is 2.84. The normalized spacial score (nSPS) is 11.2. The van der Waals surface area contributed by atoms with Crippen LogP contribution in [0.5, 0.6) is 0 Å². The third kappa shape index (κ3) is 2.59. The number of benzene rings is 2. The van der Waals surface area contributed by atoms with Gasteiger partial charge in [-0.05, 0) is 42.8 Å². The van der Waals surface area contributed by atoms with Crippen LogP contribution in [-0.2, 0) is 6.54 Å². The zero-order valence-electron chi connectivity index (χ0n) is 11.6. The molecule has 0 spiro atoms. The summed E-state index contributed by atoms with van der Waals surface area (Å²) >= 11 is 12.0. The van der Waals surface area contributed by atoms with Gasteiger partial charge < -0.3 is 10.3 Å². The van der Waals surface area contributed by atoms with Crippen LogP contribution in [0.15, 0.2) is 36.4 Å². The second-order valence-corrected chi connectivity index (χ2v) is 5.82. The van der Waals surface area contributed by atoms with E-state index in [0.29, 0.717) is 15.7 Å². The molecule has 0 unspecified atom stereocenters. The van der Waals surface area contributed by atoms with Crippen molar-refractivity contribution in [3.05, 3.63) is 46.4 Å². The molecule has 3 aromatic rings. The molecular formula is C16H15Cl2N3. The van der Waals surface area contributed by atoms with Crippen LogP contribution in [0.3, 0.4) is 0 Å². The molecule has 1 aromatic heterocycles. The van der Waals surface area contributed by atoms with E-state index in [1.807, 2.05) is 30.3 Å². The number of nitrogen functional groups attached to an aromatic ring is 1. The minimum Gasteiger partial charge on any atom is -0.398 e. The van der Waals surface area contributed by atoms with E-state index in [4.69, 9.17) is 33.9 Å². The number of nitrogens with two attached hydrogens (primary N) is 1. The van der Waals surface area contributed by atoms with Gasteiger partial charge in [-0.1, -0.05) is 30.1 Å². The Bertz CT molecular complexity index is 809. The van der Waals surface area contributed by atoms with Gasteiger partial charge in [0.1, 0.15) is 5.82 Å². The van der Waals surface area contributed by atoms with Crippen LogP contribution >= 0.6 is 23.2 Å². The van der Waals surface area contributed by atoms with Gasteiger partial charge in [0.15, 0.2) is 0 Å². The number of anilines is 1. The van der Waals surface area contributed by atoms with Gasteiger partial charge in [-0.3, -0.25) is 0 Å². The Hall–Kier alpha value is -1.71. The highest BCUT2D eigenvalue weighted by Gasteiger charge is 2.14. The van der Waals surface area contributed by atoms with Crippen molar-refractivity contribution in [1.82, 2.24) is 9.55 Å². The van der Waals surface area contributed by atoms with Crippen LogP contribution in [0.25, 0.3) is 22.4 Å². The molecule has 3 nitrogen and oxygen atoms in total.